The monoisotopic (exact) mass is 304 g/mol. The van der Waals surface area contributed by atoms with Crippen LogP contribution in [0.5, 0.6) is 0 Å². The Hall–Kier alpha value is -0.0800. The Bertz CT molecular complexity index is 500. The Morgan fingerprint density at radius 3 is 3.11 bits per heavy atom. The second-order valence-corrected chi connectivity index (χ2v) is 9.01. The predicted octanol–water partition coefficient (Wildman–Crippen LogP) is 1.22. The van der Waals surface area contributed by atoms with E-state index in [1.807, 2.05) is 17.1 Å². The van der Waals surface area contributed by atoms with Gasteiger partial charge >= 0.3 is 0 Å². The molecule has 2 saturated heterocycles. The van der Waals surface area contributed by atoms with E-state index in [0.29, 0.717) is 28.6 Å². The molecular formula is C11H16N2O2S3. The van der Waals surface area contributed by atoms with Gasteiger partial charge in [0.05, 0.1) is 0 Å². The lowest BCUT2D eigenvalue weighted by Crippen LogP contribution is -2.55. The summed E-state index contributed by atoms with van der Waals surface area (Å²) in [6, 6.07) is 3.97. The Morgan fingerprint density at radius 1 is 1.44 bits per heavy atom. The van der Waals surface area contributed by atoms with Gasteiger partial charge in [-0.2, -0.15) is 16.1 Å². The summed E-state index contributed by atoms with van der Waals surface area (Å²) >= 11 is 3.20. The average Bonchev–Trinajstić information content (AvgIpc) is 2.92. The highest BCUT2D eigenvalue weighted by Gasteiger charge is 2.37. The number of thiophene rings is 1. The Balaban J connectivity index is 1.78. The van der Waals surface area contributed by atoms with Gasteiger partial charge in [0.2, 0.25) is 0 Å². The van der Waals surface area contributed by atoms with Crippen molar-refractivity contribution >= 4 is 33.1 Å². The molecule has 0 aromatic carbocycles. The zero-order valence-electron chi connectivity index (χ0n) is 9.91. The first-order valence-corrected chi connectivity index (χ1v) is 9.43. The van der Waals surface area contributed by atoms with Crippen molar-refractivity contribution in [1.29, 1.82) is 0 Å². The van der Waals surface area contributed by atoms with Crippen LogP contribution >= 0.6 is 23.1 Å². The molecule has 3 heterocycles. The molecule has 1 aromatic rings. The first kappa shape index (κ1) is 12.9. The fourth-order valence-corrected chi connectivity index (χ4v) is 6.51. The van der Waals surface area contributed by atoms with Gasteiger partial charge in [-0.05, 0) is 17.9 Å². The minimum absolute atomic E-state index is 0.405. The van der Waals surface area contributed by atoms with Gasteiger partial charge in [-0.3, -0.25) is 0 Å². The maximum absolute atomic E-state index is 12.4. The lowest BCUT2D eigenvalue weighted by molar-refractivity contribution is 0.296. The van der Waals surface area contributed by atoms with Gasteiger partial charge in [0.1, 0.15) is 4.21 Å². The topological polar surface area (TPSA) is 49.4 Å². The highest BCUT2D eigenvalue weighted by molar-refractivity contribution is 8.00. The molecule has 2 aliphatic rings. The van der Waals surface area contributed by atoms with E-state index in [1.165, 1.54) is 11.3 Å². The summed E-state index contributed by atoms with van der Waals surface area (Å²) in [6.45, 7) is 2.32. The summed E-state index contributed by atoms with van der Waals surface area (Å²) in [6.07, 6.45) is 0.919. The van der Waals surface area contributed by atoms with Crippen molar-refractivity contribution < 1.29 is 8.42 Å². The maximum atomic E-state index is 12.4. The van der Waals surface area contributed by atoms with Crippen LogP contribution in [0.1, 0.15) is 6.42 Å². The van der Waals surface area contributed by atoms with Crippen LogP contribution in [0.3, 0.4) is 0 Å². The molecule has 0 amide bonds. The number of hydrogen-bond acceptors (Lipinski definition) is 5. The molecule has 2 unspecified atom stereocenters. The van der Waals surface area contributed by atoms with Crippen molar-refractivity contribution in [1.82, 2.24) is 9.62 Å². The van der Waals surface area contributed by atoms with Crippen molar-refractivity contribution in [2.45, 2.75) is 21.9 Å². The quantitative estimate of drug-likeness (QED) is 0.892. The third kappa shape index (κ3) is 2.34. The van der Waals surface area contributed by atoms with Gasteiger partial charge in [0.15, 0.2) is 0 Å². The minimum atomic E-state index is -3.26. The van der Waals surface area contributed by atoms with Gasteiger partial charge in [0.25, 0.3) is 10.0 Å². The van der Waals surface area contributed by atoms with Crippen LogP contribution in [-0.4, -0.2) is 49.4 Å². The van der Waals surface area contributed by atoms with E-state index in [4.69, 9.17) is 0 Å². The van der Waals surface area contributed by atoms with Gasteiger partial charge in [-0.25, -0.2) is 8.42 Å². The van der Waals surface area contributed by atoms with Crippen LogP contribution in [0.15, 0.2) is 21.7 Å². The highest BCUT2D eigenvalue weighted by Crippen LogP contribution is 2.30. The van der Waals surface area contributed by atoms with Crippen LogP contribution in [0.25, 0.3) is 0 Å². The van der Waals surface area contributed by atoms with E-state index in [9.17, 15) is 8.42 Å². The summed E-state index contributed by atoms with van der Waals surface area (Å²) in [4.78, 5) is 0. The molecule has 100 valence electrons. The van der Waals surface area contributed by atoms with E-state index in [0.717, 1.165) is 18.7 Å². The molecule has 7 heteroatoms. The predicted molar refractivity (Wildman–Crippen MR) is 75.7 cm³/mol. The number of nitrogens with zero attached hydrogens (tertiary/aromatic N) is 1. The molecular weight excluding hydrogens is 288 g/mol. The number of rotatable bonds is 2. The molecule has 18 heavy (non-hydrogen) atoms. The maximum Gasteiger partial charge on any atom is 0.252 e. The molecule has 0 spiro atoms. The van der Waals surface area contributed by atoms with E-state index >= 15 is 0 Å². The highest BCUT2D eigenvalue weighted by atomic mass is 32.2. The minimum Gasteiger partial charge on any atom is -0.312 e. The molecule has 0 bridgehead atoms. The summed E-state index contributed by atoms with van der Waals surface area (Å²) < 4.78 is 27.0. The number of piperidine rings is 1. The van der Waals surface area contributed by atoms with Crippen molar-refractivity contribution in [2.75, 3.05) is 25.4 Å². The standard InChI is InChI=1S/C11H16N2O2S3/c14-18(15,11-2-1-6-17-11)13-5-3-9-10(8-13)16-7-4-12-9/h1-2,6,9-10,12H,3-5,7-8H2. The van der Waals surface area contributed by atoms with E-state index in [-0.39, 0.29) is 0 Å². The van der Waals surface area contributed by atoms with E-state index < -0.39 is 10.0 Å². The van der Waals surface area contributed by atoms with E-state index in [2.05, 4.69) is 5.32 Å². The number of nitrogens with one attached hydrogen (secondary N) is 1. The first-order chi connectivity index (χ1) is 8.68. The van der Waals surface area contributed by atoms with Gasteiger partial charge < -0.3 is 5.32 Å². The molecule has 4 nitrogen and oxygen atoms in total. The average molecular weight is 304 g/mol. The number of hydrogen-bond donors (Lipinski definition) is 1. The van der Waals surface area contributed by atoms with Gasteiger partial charge in [-0.1, -0.05) is 6.07 Å². The number of thioether (sulfide) groups is 1. The molecule has 3 rings (SSSR count). The van der Waals surface area contributed by atoms with Gasteiger partial charge in [0, 0.05) is 36.7 Å². The molecule has 2 atom stereocenters. The molecule has 0 radical (unpaired) electrons. The van der Waals surface area contributed by atoms with Crippen LogP contribution in [0, 0.1) is 0 Å². The molecule has 2 aliphatic heterocycles. The van der Waals surface area contributed by atoms with E-state index in [1.54, 1.807) is 16.4 Å². The van der Waals surface area contributed by atoms with Crippen LogP contribution < -0.4 is 5.32 Å². The SMILES string of the molecule is O=S(=O)(c1cccs1)N1CCC2NCCSC2C1. The molecule has 0 aliphatic carbocycles. The van der Waals surface area contributed by atoms with Crippen LogP contribution in [0.2, 0.25) is 0 Å². The lowest BCUT2D eigenvalue weighted by Gasteiger charge is -2.40. The summed E-state index contributed by atoms with van der Waals surface area (Å²) in [5.74, 6) is 1.08. The van der Waals surface area contributed by atoms with Crippen molar-refractivity contribution in [2.24, 2.45) is 0 Å². The Morgan fingerprint density at radius 2 is 2.33 bits per heavy atom. The zero-order valence-corrected chi connectivity index (χ0v) is 12.4. The smallest absolute Gasteiger partial charge is 0.252 e. The second kappa shape index (κ2) is 5.13. The summed E-state index contributed by atoms with van der Waals surface area (Å²) in [5, 5.41) is 5.71. The summed E-state index contributed by atoms with van der Waals surface area (Å²) in [7, 11) is -3.26. The third-order valence-electron chi connectivity index (χ3n) is 3.45. The normalized spacial score (nSPS) is 30.0. The Kier molecular flexibility index (Phi) is 3.68. The molecule has 1 aromatic heterocycles. The van der Waals surface area contributed by atoms with Crippen LogP contribution in [0.4, 0.5) is 0 Å². The second-order valence-electron chi connectivity index (χ2n) is 4.55. The van der Waals surface area contributed by atoms with Crippen LogP contribution in [-0.2, 0) is 10.0 Å². The van der Waals surface area contributed by atoms with Crippen molar-refractivity contribution in [3.63, 3.8) is 0 Å². The largest absolute Gasteiger partial charge is 0.312 e. The number of sulfonamides is 1. The number of fused-ring (bicyclic) bond motifs is 1. The first-order valence-electron chi connectivity index (χ1n) is 6.06. The fraction of sp³-hybridized carbons (Fsp3) is 0.636. The van der Waals surface area contributed by atoms with Crippen molar-refractivity contribution in [3.8, 4) is 0 Å². The lowest BCUT2D eigenvalue weighted by atomic mass is 10.1. The molecule has 1 N–H and O–H groups in total. The third-order valence-corrected chi connectivity index (χ3v) is 8.04. The van der Waals surface area contributed by atoms with Gasteiger partial charge in [-0.15, -0.1) is 11.3 Å². The fourth-order valence-electron chi connectivity index (χ4n) is 2.50. The van der Waals surface area contributed by atoms with Crippen molar-refractivity contribution in [3.05, 3.63) is 17.5 Å². The summed E-state index contributed by atoms with van der Waals surface area (Å²) in [5.41, 5.74) is 0. The molecule has 0 saturated carbocycles. The Labute approximate surface area is 116 Å². The zero-order chi connectivity index (χ0) is 12.6. The molecule has 2 fully saturated rings.